The van der Waals surface area contributed by atoms with E-state index in [1.54, 1.807) is 32.1 Å². The molecular formula is C29H40N2O9. The molecule has 0 spiro atoms. The monoisotopic (exact) mass is 560 g/mol. The van der Waals surface area contributed by atoms with Crippen molar-refractivity contribution in [3.05, 3.63) is 58.6 Å². The number of amides is 2. The number of primary amides is 1. The number of carbonyl (C=O) groups is 4. The van der Waals surface area contributed by atoms with Crippen LogP contribution in [-0.4, -0.2) is 74.4 Å². The number of hydrogen-bond donors (Lipinski definition) is 3. The van der Waals surface area contributed by atoms with Gasteiger partial charge in [-0.1, -0.05) is 38.2 Å². The standard InChI is InChI=1S/C29H40N2O9/c1-15-11-19-25(34)20(14-21(32)27(19)39-7)31-28(35)16(2)9-8-10-22(37-5)26(40-29(30)36)18(4)13-17(3)24(33)23(12-15)38-6/h8-10,13-15,17,22-24,26,33H,11-12H2,1-7H3,(H2,30,36)(H,31,35)/b10-8-,16-9+,18-13+/t15-,17+,22+,23+,24?,26+/m1/s1. The Bertz CT molecular complexity index is 1150. The number of ether oxygens (including phenoxy) is 4. The maximum Gasteiger partial charge on any atom is 0.405 e. The van der Waals surface area contributed by atoms with Gasteiger partial charge in [0, 0.05) is 37.4 Å². The summed E-state index contributed by atoms with van der Waals surface area (Å²) in [5, 5.41) is 13.7. The molecule has 2 amide bonds. The Morgan fingerprint density at radius 3 is 2.35 bits per heavy atom. The van der Waals surface area contributed by atoms with Crippen LogP contribution in [0.2, 0.25) is 0 Å². The average molecular weight is 561 g/mol. The summed E-state index contributed by atoms with van der Waals surface area (Å²) in [6.07, 6.45) is 3.61. The zero-order chi connectivity index (χ0) is 30.1. The van der Waals surface area contributed by atoms with Gasteiger partial charge in [-0.2, -0.15) is 0 Å². The van der Waals surface area contributed by atoms with E-state index in [2.05, 4.69) is 5.32 Å². The maximum atomic E-state index is 13.3. The van der Waals surface area contributed by atoms with Gasteiger partial charge in [-0.25, -0.2) is 4.79 Å². The topological polar surface area (TPSA) is 163 Å². The summed E-state index contributed by atoms with van der Waals surface area (Å²) in [5.41, 5.74) is 6.12. The molecule has 0 aromatic rings. The predicted molar refractivity (Wildman–Crippen MR) is 147 cm³/mol. The van der Waals surface area contributed by atoms with Crippen molar-refractivity contribution < 1.29 is 43.2 Å². The number of methoxy groups -OCH3 is 3. The number of hydrogen-bond acceptors (Lipinski definition) is 9. The van der Waals surface area contributed by atoms with Crippen LogP contribution in [0.25, 0.3) is 0 Å². The molecule has 0 saturated carbocycles. The van der Waals surface area contributed by atoms with Crippen LogP contribution in [0.4, 0.5) is 4.79 Å². The highest BCUT2D eigenvalue weighted by molar-refractivity contribution is 6.23. The largest absolute Gasteiger partial charge is 0.492 e. The Balaban J connectivity index is 2.60. The molecule has 1 aliphatic heterocycles. The first-order chi connectivity index (χ1) is 18.8. The third kappa shape index (κ3) is 8.23. The first kappa shape index (κ1) is 32.7. The minimum atomic E-state index is -1.00. The normalized spacial score (nSPS) is 32.7. The molecule has 2 rings (SSSR count). The summed E-state index contributed by atoms with van der Waals surface area (Å²) < 4.78 is 21.7. The Labute approximate surface area is 234 Å². The third-order valence-corrected chi connectivity index (χ3v) is 6.95. The SMILES string of the molecule is COC1=C2C[C@@H](C)C[C@H](OC)C(O)[C@@H](C)/C=C(\C)[C@H](OC(N)=O)[C@@H](OC)/C=C\C=C(/C)C(=O)NC(=CC1=O)C2=O. The van der Waals surface area contributed by atoms with E-state index in [1.165, 1.54) is 34.3 Å². The first-order valence-electron chi connectivity index (χ1n) is 13.0. The third-order valence-electron chi connectivity index (χ3n) is 6.95. The first-order valence-corrected chi connectivity index (χ1v) is 13.0. The van der Waals surface area contributed by atoms with Crippen LogP contribution in [0, 0.1) is 11.8 Å². The lowest BCUT2D eigenvalue weighted by Crippen LogP contribution is -2.37. The lowest BCUT2D eigenvalue weighted by Gasteiger charge is -2.29. The molecule has 40 heavy (non-hydrogen) atoms. The molecule has 0 radical (unpaired) electrons. The molecule has 6 atom stereocenters. The molecule has 11 nitrogen and oxygen atoms in total. The number of nitrogens with one attached hydrogen (secondary N) is 1. The Hall–Kier alpha value is -3.54. The number of Topliss-reactive ketones (excluding diaryl/α,β-unsaturated/α-hetero) is 1. The number of rotatable bonds is 4. The highest BCUT2D eigenvalue weighted by atomic mass is 16.6. The molecule has 0 fully saturated rings. The van der Waals surface area contributed by atoms with Crippen molar-refractivity contribution in [1.29, 1.82) is 0 Å². The molecule has 1 heterocycles. The second-order valence-electron chi connectivity index (χ2n) is 10.1. The Kier molecular flexibility index (Phi) is 12.0. The van der Waals surface area contributed by atoms with Crippen molar-refractivity contribution in [3.63, 3.8) is 0 Å². The van der Waals surface area contributed by atoms with Crippen LogP contribution in [0.15, 0.2) is 58.6 Å². The fourth-order valence-corrected chi connectivity index (χ4v) is 4.78. The van der Waals surface area contributed by atoms with Crippen LogP contribution in [0.3, 0.4) is 0 Å². The number of nitrogens with two attached hydrogens (primary N) is 1. The molecule has 220 valence electrons. The molecule has 4 N–H and O–H groups in total. The van der Waals surface area contributed by atoms with E-state index in [-0.39, 0.29) is 34.9 Å². The van der Waals surface area contributed by atoms with Crippen LogP contribution in [0.1, 0.15) is 40.5 Å². The fourth-order valence-electron chi connectivity index (χ4n) is 4.78. The van der Waals surface area contributed by atoms with E-state index < -0.39 is 53.9 Å². The number of ketones is 2. The smallest absolute Gasteiger partial charge is 0.405 e. The molecule has 0 aromatic heterocycles. The van der Waals surface area contributed by atoms with Crippen LogP contribution >= 0.6 is 0 Å². The molecule has 2 bridgehead atoms. The highest BCUT2D eigenvalue weighted by Gasteiger charge is 2.34. The van der Waals surface area contributed by atoms with E-state index in [9.17, 15) is 24.3 Å². The molecule has 11 heteroatoms. The summed E-state index contributed by atoms with van der Waals surface area (Å²) in [4.78, 5) is 50.6. The van der Waals surface area contributed by atoms with Gasteiger partial charge in [0.1, 0.15) is 6.10 Å². The molecule has 0 aromatic carbocycles. The van der Waals surface area contributed by atoms with Gasteiger partial charge in [0.15, 0.2) is 11.9 Å². The molecular weight excluding hydrogens is 520 g/mol. The minimum Gasteiger partial charge on any atom is -0.492 e. The van der Waals surface area contributed by atoms with Crippen LogP contribution in [0.5, 0.6) is 0 Å². The number of aliphatic hydroxyl groups excluding tert-OH is 1. The Morgan fingerprint density at radius 1 is 1.10 bits per heavy atom. The van der Waals surface area contributed by atoms with Gasteiger partial charge in [0.05, 0.1) is 25.0 Å². The average Bonchev–Trinajstić information content (AvgIpc) is 2.90. The summed E-state index contributed by atoms with van der Waals surface area (Å²) in [7, 11) is 4.21. The molecule has 1 aliphatic carbocycles. The van der Waals surface area contributed by atoms with E-state index in [1.807, 2.05) is 6.92 Å². The summed E-state index contributed by atoms with van der Waals surface area (Å²) >= 11 is 0. The Morgan fingerprint density at radius 2 is 1.77 bits per heavy atom. The van der Waals surface area contributed by atoms with Crippen molar-refractivity contribution in [2.75, 3.05) is 21.3 Å². The quantitative estimate of drug-likeness (QED) is 0.346. The van der Waals surface area contributed by atoms with E-state index in [0.717, 1.165) is 6.08 Å². The fraction of sp³-hybridized carbons (Fsp3) is 0.517. The number of fused-ring (bicyclic) bond motifs is 2. The van der Waals surface area contributed by atoms with Gasteiger partial charge < -0.3 is 35.1 Å². The van der Waals surface area contributed by atoms with Crippen molar-refractivity contribution in [1.82, 2.24) is 5.32 Å². The van der Waals surface area contributed by atoms with Crippen molar-refractivity contribution >= 4 is 23.6 Å². The highest BCUT2D eigenvalue weighted by Crippen LogP contribution is 2.29. The summed E-state index contributed by atoms with van der Waals surface area (Å²) in [6.45, 7) is 6.92. The van der Waals surface area contributed by atoms with Crippen LogP contribution < -0.4 is 11.1 Å². The van der Waals surface area contributed by atoms with Gasteiger partial charge in [0.25, 0.3) is 5.91 Å². The van der Waals surface area contributed by atoms with Gasteiger partial charge in [-0.15, -0.1) is 0 Å². The van der Waals surface area contributed by atoms with E-state index in [4.69, 9.17) is 24.7 Å². The maximum absolute atomic E-state index is 13.3. The minimum absolute atomic E-state index is 0.0801. The molecule has 2 aliphatic rings. The second-order valence-corrected chi connectivity index (χ2v) is 10.1. The zero-order valence-corrected chi connectivity index (χ0v) is 24.1. The summed E-state index contributed by atoms with van der Waals surface area (Å²) in [5.74, 6) is -2.39. The van der Waals surface area contributed by atoms with E-state index in [0.29, 0.717) is 12.0 Å². The van der Waals surface area contributed by atoms with Crippen molar-refractivity contribution in [2.45, 2.75) is 65.0 Å². The van der Waals surface area contributed by atoms with Gasteiger partial charge in [-0.05, 0) is 38.2 Å². The van der Waals surface area contributed by atoms with E-state index >= 15 is 0 Å². The van der Waals surface area contributed by atoms with Gasteiger partial charge in [-0.3, -0.25) is 14.4 Å². The lowest BCUT2D eigenvalue weighted by molar-refractivity contribution is -0.120. The lowest BCUT2D eigenvalue weighted by atomic mass is 9.85. The van der Waals surface area contributed by atoms with Crippen molar-refractivity contribution in [3.8, 4) is 0 Å². The predicted octanol–water partition coefficient (Wildman–Crippen LogP) is 2.41. The van der Waals surface area contributed by atoms with Gasteiger partial charge in [0.2, 0.25) is 11.6 Å². The van der Waals surface area contributed by atoms with Crippen LogP contribution in [-0.2, 0) is 33.3 Å². The molecule has 1 unspecified atom stereocenters. The summed E-state index contributed by atoms with van der Waals surface area (Å²) in [6, 6.07) is 0. The van der Waals surface area contributed by atoms with Gasteiger partial charge >= 0.3 is 6.09 Å². The number of allylic oxidation sites excluding steroid dienone is 4. The molecule has 0 saturated heterocycles. The number of carbonyl (C=O) groups excluding carboxylic acids is 4. The number of aliphatic hydroxyl groups is 1. The zero-order valence-electron chi connectivity index (χ0n) is 24.1. The second kappa shape index (κ2) is 14.7. The van der Waals surface area contributed by atoms with Crippen molar-refractivity contribution in [2.24, 2.45) is 17.6 Å².